The van der Waals surface area contributed by atoms with Crippen molar-refractivity contribution >= 4 is 23.0 Å². The maximum absolute atomic E-state index is 5.47. The van der Waals surface area contributed by atoms with Gasteiger partial charge in [-0.15, -0.1) is 0 Å². The molecule has 2 N–H and O–H groups in total. The zero-order chi connectivity index (χ0) is 16.5. The molecular weight excluding hydrogens is 296 g/mol. The third kappa shape index (κ3) is 5.27. The molecule has 1 aromatic rings. The van der Waals surface area contributed by atoms with Crippen LogP contribution < -0.4 is 15.5 Å². The molecule has 0 fully saturated rings. The van der Waals surface area contributed by atoms with Gasteiger partial charge >= 0.3 is 0 Å². The van der Waals surface area contributed by atoms with Crippen LogP contribution in [0.15, 0.2) is 23.3 Å². The molecular formula is C16H26N4OS. The summed E-state index contributed by atoms with van der Waals surface area (Å²) in [4.78, 5) is 2.35. The molecule has 0 aromatic heterocycles. The van der Waals surface area contributed by atoms with Gasteiger partial charge in [0.05, 0.1) is 12.8 Å². The van der Waals surface area contributed by atoms with E-state index in [9.17, 15) is 0 Å². The van der Waals surface area contributed by atoms with Crippen LogP contribution in [-0.2, 0) is 6.54 Å². The minimum absolute atomic E-state index is 0.497. The number of nitrogens with one attached hydrogen (secondary N) is 2. The van der Waals surface area contributed by atoms with Gasteiger partial charge in [-0.25, -0.2) is 0 Å². The first-order valence-electron chi connectivity index (χ1n) is 7.47. The number of rotatable bonds is 7. The second-order valence-corrected chi connectivity index (χ2v) is 5.28. The maximum atomic E-state index is 5.47. The van der Waals surface area contributed by atoms with Crippen molar-refractivity contribution in [2.24, 2.45) is 5.10 Å². The standard InChI is InChI=1S/C16H26N4OS/c1-6-20(7-2)11-14-10-13(8-9-15(14)21-5)12(3)18-19-16(22)17-4/h8-10H,6-7,11H2,1-5H3,(H2,17,19,22)/b18-12-. The highest BCUT2D eigenvalue weighted by Gasteiger charge is 2.09. The van der Waals surface area contributed by atoms with E-state index in [1.54, 1.807) is 14.2 Å². The number of hydrogen-bond donors (Lipinski definition) is 2. The van der Waals surface area contributed by atoms with E-state index in [1.807, 2.05) is 19.1 Å². The Balaban J connectivity index is 3.00. The lowest BCUT2D eigenvalue weighted by Crippen LogP contribution is -2.29. The van der Waals surface area contributed by atoms with Crippen LogP contribution in [0, 0.1) is 0 Å². The van der Waals surface area contributed by atoms with Gasteiger partial charge in [-0.2, -0.15) is 5.10 Å². The molecule has 0 amide bonds. The Kier molecular flexibility index (Phi) is 7.84. The summed E-state index contributed by atoms with van der Waals surface area (Å²) in [6.07, 6.45) is 0. The molecule has 0 aliphatic heterocycles. The van der Waals surface area contributed by atoms with Gasteiger partial charge in [-0.05, 0) is 56.0 Å². The molecule has 0 radical (unpaired) electrons. The molecule has 1 rings (SSSR count). The summed E-state index contributed by atoms with van der Waals surface area (Å²) in [5, 5.41) is 7.62. The molecule has 0 spiro atoms. The SMILES string of the molecule is CCN(CC)Cc1cc(/C(C)=N\NC(=S)NC)ccc1OC. The molecule has 22 heavy (non-hydrogen) atoms. The first kappa shape index (κ1) is 18.4. The predicted molar refractivity (Wildman–Crippen MR) is 96.6 cm³/mol. The lowest BCUT2D eigenvalue weighted by atomic mass is 10.1. The Morgan fingerprint density at radius 1 is 1.32 bits per heavy atom. The lowest BCUT2D eigenvalue weighted by Gasteiger charge is -2.20. The van der Waals surface area contributed by atoms with Crippen molar-refractivity contribution in [2.75, 3.05) is 27.2 Å². The largest absolute Gasteiger partial charge is 0.496 e. The molecule has 0 aliphatic rings. The summed E-state index contributed by atoms with van der Waals surface area (Å²) in [7, 11) is 3.46. The second-order valence-electron chi connectivity index (χ2n) is 4.88. The van der Waals surface area contributed by atoms with Crippen molar-refractivity contribution < 1.29 is 4.74 Å². The molecule has 0 saturated carbocycles. The summed E-state index contributed by atoms with van der Waals surface area (Å²) in [5.41, 5.74) is 5.90. The van der Waals surface area contributed by atoms with Crippen molar-refractivity contribution in [2.45, 2.75) is 27.3 Å². The van der Waals surface area contributed by atoms with Gasteiger partial charge in [0, 0.05) is 19.2 Å². The fourth-order valence-corrected chi connectivity index (χ4v) is 2.12. The quantitative estimate of drug-likeness (QED) is 0.458. The van der Waals surface area contributed by atoms with E-state index in [0.29, 0.717) is 5.11 Å². The molecule has 5 nitrogen and oxygen atoms in total. The summed E-state index contributed by atoms with van der Waals surface area (Å²) in [5.74, 6) is 0.905. The average molecular weight is 322 g/mol. The summed E-state index contributed by atoms with van der Waals surface area (Å²) >= 11 is 5.02. The monoisotopic (exact) mass is 322 g/mol. The van der Waals surface area contributed by atoms with Crippen LogP contribution in [0.25, 0.3) is 0 Å². The zero-order valence-electron chi connectivity index (χ0n) is 14.1. The molecule has 0 heterocycles. The van der Waals surface area contributed by atoms with Crippen LogP contribution in [0.5, 0.6) is 5.75 Å². The van der Waals surface area contributed by atoms with Gasteiger partial charge in [0.1, 0.15) is 5.75 Å². The highest BCUT2D eigenvalue weighted by Crippen LogP contribution is 2.22. The fraction of sp³-hybridized carbons (Fsp3) is 0.500. The Labute approximate surface area is 138 Å². The number of methoxy groups -OCH3 is 1. The Bertz CT molecular complexity index is 527. The molecule has 6 heteroatoms. The number of benzene rings is 1. The number of thiocarbonyl (C=S) groups is 1. The normalized spacial score (nSPS) is 11.5. The Hall–Kier alpha value is -1.66. The van der Waals surface area contributed by atoms with Gasteiger partial charge < -0.3 is 10.1 Å². The predicted octanol–water partition coefficient (Wildman–Crippen LogP) is 2.35. The van der Waals surface area contributed by atoms with Crippen molar-refractivity contribution in [3.63, 3.8) is 0 Å². The Morgan fingerprint density at radius 3 is 2.55 bits per heavy atom. The minimum Gasteiger partial charge on any atom is -0.496 e. The first-order valence-corrected chi connectivity index (χ1v) is 7.88. The van der Waals surface area contributed by atoms with Crippen molar-refractivity contribution in [3.8, 4) is 5.75 Å². The Morgan fingerprint density at radius 2 is 2.00 bits per heavy atom. The number of hydrazone groups is 1. The van der Waals surface area contributed by atoms with Gasteiger partial charge in [0.2, 0.25) is 0 Å². The first-order chi connectivity index (χ1) is 10.5. The van der Waals surface area contributed by atoms with Gasteiger partial charge in [-0.1, -0.05) is 13.8 Å². The van der Waals surface area contributed by atoms with Crippen molar-refractivity contribution in [1.82, 2.24) is 15.6 Å². The zero-order valence-corrected chi connectivity index (χ0v) is 14.9. The van der Waals surface area contributed by atoms with E-state index in [2.05, 4.69) is 40.7 Å². The van der Waals surface area contributed by atoms with Gasteiger partial charge in [-0.3, -0.25) is 10.3 Å². The van der Waals surface area contributed by atoms with Crippen LogP contribution in [0.3, 0.4) is 0 Å². The summed E-state index contributed by atoms with van der Waals surface area (Å²) in [6.45, 7) is 9.15. The van der Waals surface area contributed by atoms with Crippen LogP contribution in [-0.4, -0.2) is 43.0 Å². The molecule has 1 aromatic carbocycles. The third-order valence-electron chi connectivity index (χ3n) is 3.54. The van der Waals surface area contributed by atoms with Gasteiger partial charge in [0.15, 0.2) is 5.11 Å². The van der Waals surface area contributed by atoms with E-state index >= 15 is 0 Å². The van der Waals surface area contributed by atoms with Gasteiger partial charge in [0.25, 0.3) is 0 Å². The van der Waals surface area contributed by atoms with E-state index in [-0.39, 0.29) is 0 Å². The minimum atomic E-state index is 0.497. The highest BCUT2D eigenvalue weighted by molar-refractivity contribution is 7.80. The van der Waals surface area contributed by atoms with E-state index < -0.39 is 0 Å². The highest BCUT2D eigenvalue weighted by atomic mass is 32.1. The van der Waals surface area contributed by atoms with E-state index in [4.69, 9.17) is 17.0 Å². The summed E-state index contributed by atoms with van der Waals surface area (Å²) in [6, 6.07) is 6.12. The number of hydrogen-bond acceptors (Lipinski definition) is 4. The van der Waals surface area contributed by atoms with Crippen LogP contribution >= 0.6 is 12.2 Å². The van der Waals surface area contributed by atoms with Crippen LogP contribution in [0.2, 0.25) is 0 Å². The molecule has 0 saturated heterocycles. The van der Waals surface area contributed by atoms with E-state index in [0.717, 1.165) is 42.2 Å². The molecule has 0 unspecified atom stereocenters. The van der Waals surface area contributed by atoms with E-state index in [1.165, 1.54) is 0 Å². The average Bonchev–Trinajstić information content (AvgIpc) is 2.56. The van der Waals surface area contributed by atoms with Crippen molar-refractivity contribution in [1.29, 1.82) is 0 Å². The summed E-state index contributed by atoms with van der Waals surface area (Å²) < 4.78 is 5.47. The number of ether oxygens (including phenoxy) is 1. The lowest BCUT2D eigenvalue weighted by molar-refractivity contribution is 0.289. The topological polar surface area (TPSA) is 48.9 Å². The molecule has 122 valence electrons. The van der Waals surface area contributed by atoms with Crippen LogP contribution in [0.4, 0.5) is 0 Å². The molecule has 0 aliphatic carbocycles. The number of nitrogens with zero attached hydrogens (tertiary/aromatic N) is 2. The second kappa shape index (κ2) is 9.38. The third-order valence-corrected chi connectivity index (χ3v) is 3.83. The molecule has 0 atom stereocenters. The molecule has 0 bridgehead atoms. The van der Waals surface area contributed by atoms with Crippen LogP contribution in [0.1, 0.15) is 31.9 Å². The smallest absolute Gasteiger partial charge is 0.186 e. The maximum Gasteiger partial charge on any atom is 0.186 e. The fourth-order valence-electron chi connectivity index (χ4n) is 2.07. The van der Waals surface area contributed by atoms with Crippen molar-refractivity contribution in [3.05, 3.63) is 29.3 Å².